The first-order chi connectivity index (χ1) is 22.1. The average Bonchev–Trinajstić information content (AvgIpc) is 3.87. The van der Waals surface area contributed by atoms with Crippen LogP contribution in [0.3, 0.4) is 0 Å². The number of nitrogens with one attached hydrogen (secondary N) is 1. The number of carbonyl (C=O) groups excluding carboxylic acids is 1. The van der Waals surface area contributed by atoms with Crippen LogP contribution < -0.4 is 9.64 Å². The zero-order valence-corrected chi connectivity index (χ0v) is 25.5. The molecule has 2 fully saturated rings. The van der Waals surface area contributed by atoms with E-state index in [4.69, 9.17) is 19.5 Å². The van der Waals surface area contributed by atoms with E-state index < -0.39 is 5.72 Å². The van der Waals surface area contributed by atoms with Crippen LogP contribution in [-0.4, -0.2) is 41.5 Å². The van der Waals surface area contributed by atoms with Crippen molar-refractivity contribution in [2.45, 2.75) is 56.1 Å². The number of pyridine rings is 1. The van der Waals surface area contributed by atoms with Crippen LogP contribution in [0, 0.1) is 11.8 Å². The fourth-order valence-electron chi connectivity index (χ4n) is 9.23. The maximum atomic E-state index is 12.0. The highest BCUT2D eigenvalue weighted by molar-refractivity contribution is 6.04. The van der Waals surface area contributed by atoms with Crippen molar-refractivity contribution in [1.29, 1.82) is 0 Å². The fourth-order valence-corrected chi connectivity index (χ4v) is 9.23. The average molecular weight is 597 g/mol. The van der Waals surface area contributed by atoms with E-state index in [2.05, 4.69) is 70.7 Å². The molecule has 2 aromatic heterocycles. The number of H-pyrrole nitrogens is 1. The highest BCUT2D eigenvalue weighted by Crippen LogP contribution is 2.69. The number of methoxy groups -OCH3 is 1. The number of hydrogen-bond acceptors (Lipinski definition) is 6. The summed E-state index contributed by atoms with van der Waals surface area (Å²) in [6, 6.07) is 23.6. The Bertz CT molecular complexity index is 2000. The number of esters is 1. The summed E-state index contributed by atoms with van der Waals surface area (Å²) in [6.45, 7) is 0.745. The molecule has 4 atom stereocenters. The van der Waals surface area contributed by atoms with E-state index in [1.165, 1.54) is 43.0 Å². The minimum absolute atomic E-state index is 0.165. The lowest BCUT2D eigenvalue weighted by Crippen LogP contribution is -2.66. The van der Waals surface area contributed by atoms with Gasteiger partial charge in [-0.1, -0.05) is 36.8 Å². The fraction of sp³-hybridized carbons (Fsp3) is 0.342. The molecule has 2 saturated carbocycles. The molecule has 2 aliphatic heterocycles. The third kappa shape index (κ3) is 3.73. The molecule has 7 heteroatoms. The smallest absolute Gasteiger partial charge is 0.305 e. The van der Waals surface area contributed by atoms with Crippen molar-refractivity contribution in [3.8, 4) is 16.9 Å². The van der Waals surface area contributed by atoms with Gasteiger partial charge in [0.05, 0.1) is 24.3 Å². The molecular weight excluding hydrogens is 560 g/mol. The number of aliphatic imine (C=N–C) groups is 1. The van der Waals surface area contributed by atoms with Gasteiger partial charge in [0.1, 0.15) is 5.69 Å². The van der Waals surface area contributed by atoms with Crippen molar-refractivity contribution in [2.75, 3.05) is 18.6 Å². The number of ether oxygens (including phenoxy) is 2. The number of anilines is 1. The van der Waals surface area contributed by atoms with Crippen molar-refractivity contribution in [3.63, 3.8) is 0 Å². The lowest BCUT2D eigenvalue weighted by molar-refractivity contribution is -0.140. The molecule has 0 saturated heterocycles. The molecule has 45 heavy (non-hydrogen) atoms. The number of nitrogens with zero attached hydrogens (tertiary/aromatic N) is 3. The highest BCUT2D eigenvalue weighted by Gasteiger charge is 2.71. The third-order valence-corrected chi connectivity index (χ3v) is 11.1. The Balaban J connectivity index is 1.24. The molecular formula is C38H36N4O3. The van der Waals surface area contributed by atoms with E-state index in [1.54, 1.807) is 0 Å². The van der Waals surface area contributed by atoms with E-state index in [9.17, 15) is 4.79 Å². The van der Waals surface area contributed by atoms with Crippen LogP contribution in [0.2, 0.25) is 0 Å². The number of aromatic nitrogens is 2. The lowest BCUT2D eigenvalue weighted by atomic mass is 9.63. The molecule has 4 aliphatic rings. The molecule has 226 valence electrons. The van der Waals surface area contributed by atoms with E-state index in [-0.39, 0.29) is 11.4 Å². The second-order valence-corrected chi connectivity index (χ2v) is 13.3. The van der Waals surface area contributed by atoms with Gasteiger partial charge >= 0.3 is 5.97 Å². The summed E-state index contributed by atoms with van der Waals surface area (Å²) in [6.07, 6.45) is 12.8. The number of fused-ring (bicyclic) bond motifs is 10. The van der Waals surface area contributed by atoms with Gasteiger partial charge in [-0.2, -0.15) is 0 Å². The molecule has 9 rings (SSSR count). The molecule has 2 spiro atoms. The molecule has 3 aromatic carbocycles. The Hall–Kier alpha value is -4.65. The first-order valence-electron chi connectivity index (χ1n) is 16.3. The SMILES string of the molecule is COC(=O)CCCCN1c2cc3[nH]ccc3cc2C2(CC3CCC2C3)C12C=Nc1cc(-c3ccccc3)c3ncccc3c1O2. The van der Waals surface area contributed by atoms with Crippen LogP contribution >= 0.6 is 0 Å². The predicted octanol–water partition coefficient (Wildman–Crippen LogP) is 8.10. The second kappa shape index (κ2) is 9.93. The minimum Gasteiger partial charge on any atom is -0.469 e. The second-order valence-electron chi connectivity index (χ2n) is 13.3. The summed E-state index contributed by atoms with van der Waals surface area (Å²) >= 11 is 0. The van der Waals surface area contributed by atoms with Gasteiger partial charge in [0.2, 0.25) is 5.72 Å². The maximum absolute atomic E-state index is 12.0. The van der Waals surface area contributed by atoms with Crippen LogP contribution in [0.25, 0.3) is 32.9 Å². The van der Waals surface area contributed by atoms with Gasteiger partial charge in [-0.25, -0.2) is 0 Å². The summed E-state index contributed by atoms with van der Waals surface area (Å²) in [5.74, 6) is 1.82. The standard InChI is InChI=1S/C38H36N4O3/c1-44-34(43)11-5-6-17-42-33-21-31-26(14-16-39-31)19-30(33)37(22-24-12-13-27(37)18-24)38(42)23-41-32-20-29(25-8-3-2-4-9-25)35-28(36(32)45-38)10-7-15-40-35/h2-4,7-10,14-16,19-21,23-24,27,39H,5-6,11-13,17-18,22H2,1H3. The predicted molar refractivity (Wildman–Crippen MR) is 177 cm³/mol. The van der Waals surface area contributed by atoms with Gasteiger partial charge in [-0.15, -0.1) is 0 Å². The molecule has 4 unspecified atom stereocenters. The molecule has 2 aliphatic carbocycles. The van der Waals surface area contributed by atoms with E-state index in [0.29, 0.717) is 18.3 Å². The van der Waals surface area contributed by atoms with Crippen molar-refractivity contribution in [1.82, 2.24) is 9.97 Å². The van der Waals surface area contributed by atoms with Gasteiger partial charge in [0.25, 0.3) is 0 Å². The summed E-state index contributed by atoms with van der Waals surface area (Å²) in [5.41, 5.74) is 6.63. The third-order valence-electron chi connectivity index (χ3n) is 11.1. The molecule has 0 radical (unpaired) electrons. The number of carbonyl (C=O) groups is 1. The molecule has 4 heterocycles. The highest BCUT2D eigenvalue weighted by atomic mass is 16.5. The Labute approximate surface area is 262 Å². The molecule has 1 N–H and O–H groups in total. The monoisotopic (exact) mass is 596 g/mol. The van der Waals surface area contributed by atoms with Gasteiger partial charge in [-0.05, 0) is 96.9 Å². The van der Waals surface area contributed by atoms with E-state index in [0.717, 1.165) is 64.8 Å². The Morgan fingerprint density at radius 1 is 1.09 bits per heavy atom. The van der Waals surface area contributed by atoms with E-state index in [1.807, 2.05) is 24.5 Å². The van der Waals surface area contributed by atoms with Crippen LogP contribution in [0.4, 0.5) is 11.4 Å². The number of aromatic amines is 1. The molecule has 7 nitrogen and oxygen atoms in total. The summed E-state index contributed by atoms with van der Waals surface area (Å²) in [4.78, 5) is 28.2. The zero-order valence-electron chi connectivity index (χ0n) is 25.5. The quantitative estimate of drug-likeness (QED) is 0.158. The molecule has 5 aromatic rings. The van der Waals surface area contributed by atoms with Crippen molar-refractivity contribution in [2.24, 2.45) is 16.8 Å². The zero-order chi connectivity index (χ0) is 30.2. The number of unbranched alkanes of at least 4 members (excludes halogenated alkanes) is 1. The first kappa shape index (κ1) is 26.7. The molecule has 0 amide bonds. The first-order valence-corrected chi connectivity index (χ1v) is 16.3. The largest absolute Gasteiger partial charge is 0.469 e. The number of benzene rings is 3. The summed E-state index contributed by atoms with van der Waals surface area (Å²) in [7, 11) is 1.46. The van der Waals surface area contributed by atoms with Crippen LogP contribution in [0.15, 0.2) is 84.1 Å². The molecule has 2 bridgehead atoms. The van der Waals surface area contributed by atoms with E-state index >= 15 is 0 Å². The van der Waals surface area contributed by atoms with Crippen LogP contribution in [-0.2, 0) is 14.9 Å². The number of hydrogen-bond donors (Lipinski definition) is 1. The minimum atomic E-state index is -0.788. The summed E-state index contributed by atoms with van der Waals surface area (Å²) < 4.78 is 12.6. The van der Waals surface area contributed by atoms with Crippen molar-refractivity contribution >= 4 is 45.4 Å². The number of rotatable bonds is 6. The Morgan fingerprint density at radius 3 is 2.82 bits per heavy atom. The van der Waals surface area contributed by atoms with Crippen molar-refractivity contribution in [3.05, 3.63) is 84.7 Å². The van der Waals surface area contributed by atoms with Gasteiger partial charge in [-0.3, -0.25) is 14.8 Å². The van der Waals surface area contributed by atoms with Crippen LogP contribution in [0.5, 0.6) is 5.75 Å². The topological polar surface area (TPSA) is 79.8 Å². The van der Waals surface area contributed by atoms with Crippen LogP contribution in [0.1, 0.15) is 50.5 Å². The van der Waals surface area contributed by atoms with Gasteiger partial charge < -0.3 is 19.4 Å². The Kier molecular flexibility index (Phi) is 5.90. The summed E-state index contributed by atoms with van der Waals surface area (Å²) in [5, 5.41) is 2.21. The van der Waals surface area contributed by atoms with Gasteiger partial charge in [0, 0.05) is 47.5 Å². The van der Waals surface area contributed by atoms with Crippen molar-refractivity contribution < 1.29 is 14.3 Å². The Morgan fingerprint density at radius 2 is 2.00 bits per heavy atom. The van der Waals surface area contributed by atoms with Gasteiger partial charge in [0.15, 0.2) is 5.75 Å². The normalized spacial score (nSPS) is 25.8. The maximum Gasteiger partial charge on any atom is 0.305 e. The lowest BCUT2D eigenvalue weighted by Gasteiger charge is -2.51.